The minimum absolute atomic E-state index is 0.581. The molecule has 3 rings (SSSR count). The van der Waals surface area contributed by atoms with Gasteiger partial charge in [0.15, 0.2) is 5.96 Å². The summed E-state index contributed by atoms with van der Waals surface area (Å²) in [6, 6.07) is 8.89. The maximum atomic E-state index is 6.07. The van der Waals surface area contributed by atoms with Gasteiger partial charge in [0, 0.05) is 44.5 Å². The molecule has 1 aromatic carbocycles. The van der Waals surface area contributed by atoms with E-state index in [2.05, 4.69) is 26.9 Å². The summed E-state index contributed by atoms with van der Waals surface area (Å²) in [5.41, 5.74) is 7.30. The van der Waals surface area contributed by atoms with Gasteiger partial charge >= 0.3 is 0 Å². The molecule has 5 nitrogen and oxygen atoms in total. The highest BCUT2D eigenvalue weighted by molar-refractivity contribution is 5.78. The number of methoxy groups -OCH3 is 1. The predicted octanol–water partition coefficient (Wildman–Crippen LogP) is 1.93. The van der Waals surface area contributed by atoms with Gasteiger partial charge in [0.2, 0.25) is 0 Å². The smallest absolute Gasteiger partial charge is 0.191 e. The van der Waals surface area contributed by atoms with Gasteiger partial charge in [-0.3, -0.25) is 4.99 Å². The molecule has 1 aliphatic carbocycles. The Morgan fingerprint density at radius 1 is 1.41 bits per heavy atom. The molecule has 1 atom stereocenters. The molecule has 0 bridgehead atoms. The number of aliphatic imine (C=N–C) groups is 1. The summed E-state index contributed by atoms with van der Waals surface area (Å²) in [6.45, 7) is 2.94. The van der Waals surface area contributed by atoms with Gasteiger partial charge in [-0.25, -0.2) is 0 Å². The molecular formula is C17H26N4O. The van der Waals surface area contributed by atoms with Crippen molar-refractivity contribution in [3.63, 3.8) is 0 Å². The van der Waals surface area contributed by atoms with E-state index in [-0.39, 0.29) is 0 Å². The second-order valence-electron chi connectivity index (χ2n) is 6.34. The highest BCUT2D eigenvalue weighted by Crippen LogP contribution is 2.27. The molecule has 1 saturated heterocycles. The molecule has 22 heavy (non-hydrogen) atoms. The van der Waals surface area contributed by atoms with Crippen LogP contribution in [0, 0.1) is 5.92 Å². The fourth-order valence-corrected chi connectivity index (χ4v) is 3.01. The lowest BCUT2D eigenvalue weighted by molar-refractivity contribution is 0.415. The zero-order valence-electron chi connectivity index (χ0n) is 13.5. The third kappa shape index (κ3) is 3.46. The fraction of sp³-hybridized carbons (Fsp3) is 0.588. The van der Waals surface area contributed by atoms with Gasteiger partial charge in [-0.1, -0.05) is 6.07 Å². The SMILES string of the molecule is COc1cccc(N2CCC(CN=C(N)N(C)C3CC3)C2)c1. The molecule has 0 amide bonds. The van der Waals surface area contributed by atoms with Crippen LogP contribution in [0.1, 0.15) is 19.3 Å². The first-order valence-electron chi connectivity index (χ1n) is 8.09. The number of guanidine groups is 1. The molecule has 0 spiro atoms. The van der Waals surface area contributed by atoms with E-state index in [1.807, 2.05) is 19.2 Å². The monoisotopic (exact) mass is 302 g/mol. The Morgan fingerprint density at radius 2 is 2.23 bits per heavy atom. The van der Waals surface area contributed by atoms with E-state index in [4.69, 9.17) is 10.5 Å². The van der Waals surface area contributed by atoms with Crippen LogP contribution in [0.3, 0.4) is 0 Å². The van der Waals surface area contributed by atoms with Crippen molar-refractivity contribution in [3.05, 3.63) is 24.3 Å². The topological polar surface area (TPSA) is 54.1 Å². The van der Waals surface area contributed by atoms with Gasteiger partial charge < -0.3 is 20.3 Å². The largest absolute Gasteiger partial charge is 0.497 e. The molecular weight excluding hydrogens is 276 g/mol. The van der Waals surface area contributed by atoms with Crippen molar-refractivity contribution in [2.24, 2.45) is 16.6 Å². The standard InChI is InChI=1S/C17H26N4O/c1-20(14-6-7-14)17(18)19-11-13-8-9-21(12-13)15-4-3-5-16(10-15)22-2/h3-5,10,13-14H,6-9,11-12H2,1-2H3,(H2,18,19). The molecule has 1 aliphatic heterocycles. The normalized spacial score (nSPS) is 22.0. The Balaban J connectivity index is 1.54. The van der Waals surface area contributed by atoms with Gasteiger partial charge in [0.1, 0.15) is 5.75 Å². The molecule has 1 heterocycles. The first kappa shape index (κ1) is 15.0. The molecule has 1 unspecified atom stereocenters. The molecule has 1 aromatic rings. The van der Waals surface area contributed by atoms with Gasteiger partial charge in [-0.2, -0.15) is 0 Å². The van der Waals surface area contributed by atoms with Gasteiger partial charge in [0.25, 0.3) is 0 Å². The van der Waals surface area contributed by atoms with Crippen LogP contribution in [0.15, 0.2) is 29.3 Å². The first-order chi connectivity index (χ1) is 10.7. The lowest BCUT2D eigenvalue weighted by atomic mass is 10.1. The average molecular weight is 302 g/mol. The Bertz CT molecular complexity index is 541. The summed E-state index contributed by atoms with van der Waals surface area (Å²) in [5.74, 6) is 2.19. The van der Waals surface area contributed by atoms with Gasteiger partial charge in [-0.05, 0) is 37.3 Å². The quantitative estimate of drug-likeness (QED) is 0.667. The zero-order chi connectivity index (χ0) is 15.5. The van der Waals surface area contributed by atoms with Crippen LogP contribution < -0.4 is 15.4 Å². The van der Waals surface area contributed by atoms with Gasteiger partial charge in [0.05, 0.1) is 7.11 Å². The Kier molecular flexibility index (Phi) is 4.41. The summed E-state index contributed by atoms with van der Waals surface area (Å²) in [4.78, 5) is 9.12. The third-order valence-electron chi connectivity index (χ3n) is 4.67. The Hall–Kier alpha value is -1.91. The van der Waals surface area contributed by atoms with E-state index in [0.29, 0.717) is 17.9 Å². The second-order valence-corrected chi connectivity index (χ2v) is 6.34. The molecule has 2 N–H and O–H groups in total. The van der Waals surface area contributed by atoms with Gasteiger partial charge in [-0.15, -0.1) is 0 Å². The summed E-state index contributed by atoms with van der Waals surface area (Å²) in [6.07, 6.45) is 3.67. The maximum Gasteiger partial charge on any atom is 0.191 e. The van der Waals surface area contributed by atoms with E-state index in [1.165, 1.54) is 24.9 Å². The van der Waals surface area contributed by atoms with Crippen LogP contribution >= 0.6 is 0 Å². The summed E-state index contributed by atoms with van der Waals surface area (Å²) in [5, 5.41) is 0. The summed E-state index contributed by atoms with van der Waals surface area (Å²) < 4.78 is 5.30. The number of rotatable bonds is 5. The fourth-order valence-electron chi connectivity index (χ4n) is 3.01. The number of anilines is 1. The summed E-state index contributed by atoms with van der Waals surface area (Å²) in [7, 11) is 3.76. The van der Waals surface area contributed by atoms with Crippen LogP contribution in [-0.2, 0) is 0 Å². The van der Waals surface area contributed by atoms with E-state index in [1.54, 1.807) is 7.11 Å². The molecule has 120 valence electrons. The van der Waals surface area contributed by atoms with Crippen molar-refractivity contribution in [3.8, 4) is 5.75 Å². The number of nitrogens with two attached hydrogens (primary N) is 1. The minimum Gasteiger partial charge on any atom is -0.497 e. The van der Waals surface area contributed by atoms with Crippen molar-refractivity contribution in [1.29, 1.82) is 0 Å². The Labute approximate surface area is 132 Å². The number of nitrogens with zero attached hydrogens (tertiary/aromatic N) is 3. The van der Waals surface area contributed by atoms with Crippen LogP contribution in [0.5, 0.6) is 5.75 Å². The second kappa shape index (κ2) is 6.46. The molecule has 2 aliphatic rings. The Morgan fingerprint density at radius 3 is 2.95 bits per heavy atom. The third-order valence-corrected chi connectivity index (χ3v) is 4.67. The first-order valence-corrected chi connectivity index (χ1v) is 8.09. The van der Waals surface area contributed by atoms with Crippen molar-refractivity contribution < 1.29 is 4.74 Å². The molecule has 0 aromatic heterocycles. The predicted molar refractivity (Wildman–Crippen MR) is 90.6 cm³/mol. The summed E-state index contributed by atoms with van der Waals surface area (Å²) >= 11 is 0. The van der Waals surface area contributed by atoms with E-state index < -0.39 is 0 Å². The van der Waals surface area contributed by atoms with Crippen LogP contribution in [0.25, 0.3) is 0 Å². The maximum absolute atomic E-state index is 6.07. The minimum atomic E-state index is 0.581. The number of hydrogen-bond acceptors (Lipinski definition) is 3. The van der Waals surface area contributed by atoms with Crippen molar-refractivity contribution in [2.75, 3.05) is 38.7 Å². The van der Waals surface area contributed by atoms with E-state index in [9.17, 15) is 0 Å². The van der Waals surface area contributed by atoms with Crippen LogP contribution in [0.2, 0.25) is 0 Å². The molecule has 1 saturated carbocycles. The molecule has 5 heteroatoms. The van der Waals surface area contributed by atoms with Crippen LogP contribution in [-0.4, -0.2) is 50.7 Å². The van der Waals surface area contributed by atoms with Crippen LogP contribution in [0.4, 0.5) is 5.69 Å². The van der Waals surface area contributed by atoms with Crippen molar-refractivity contribution >= 4 is 11.6 Å². The number of ether oxygens (including phenoxy) is 1. The highest BCUT2D eigenvalue weighted by atomic mass is 16.5. The van der Waals surface area contributed by atoms with E-state index in [0.717, 1.165) is 25.4 Å². The number of hydrogen-bond donors (Lipinski definition) is 1. The lowest BCUT2D eigenvalue weighted by Crippen LogP contribution is -2.36. The molecule has 2 fully saturated rings. The lowest BCUT2D eigenvalue weighted by Gasteiger charge is -2.20. The average Bonchev–Trinajstić information content (AvgIpc) is 3.30. The highest BCUT2D eigenvalue weighted by Gasteiger charge is 2.28. The molecule has 0 radical (unpaired) electrons. The van der Waals surface area contributed by atoms with E-state index >= 15 is 0 Å². The van der Waals surface area contributed by atoms with Crippen molar-refractivity contribution in [1.82, 2.24) is 4.90 Å². The number of benzene rings is 1. The van der Waals surface area contributed by atoms with Crippen molar-refractivity contribution in [2.45, 2.75) is 25.3 Å². The zero-order valence-corrected chi connectivity index (χ0v) is 13.5.